The zero-order valence-corrected chi connectivity index (χ0v) is 60.1. The minimum Gasteiger partial charge on any atom is -0.343 e. The van der Waals surface area contributed by atoms with Crippen molar-refractivity contribution in [3.8, 4) is 0 Å². The molecule has 28 heteroatoms. The molecule has 6 aliphatic rings. The van der Waals surface area contributed by atoms with E-state index in [-0.39, 0.29) is 69.2 Å². The monoisotopic (exact) mass is 1400 g/mol. The van der Waals surface area contributed by atoms with E-state index in [0.29, 0.717) is 63.6 Å². The Balaban J connectivity index is 1.26. The minimum absolute atomic E-state index is 0.0232. The number of hydrogen-bond acceptors (Lipinski definition) is 12. The van der Waals surface area contributed by atoms with E-state index in [1.807, 2.05) is 13.8 Å². The number of likely N-dealkylation sites (tertiary alicyclic amines) is 1. The van der Waals surface area contributed by atoms with Gasteiger partial charge in [0.05, 0.1) is 36.6 Å². The van der Waals surface area contributed by atoms with Crippen LogP contribution in [0.1, 0.15) is 174 Å². The molecule has 3 N–H and O–H groups in total. The van der Waals surface area contributed by atoms with E-state index in [4.69, 9.17) is 11.6 Å². The predicted molar refractivity (Wildman–Crippen MR) is 360 cm³/mol. The Hall–Kier alpha value is -7.06. The Morgan fingerprint density at radius 1 is 0.612 bits per heavy atom. The van der Waals surface area contributed by atoms with Gasteiger partial charge in [-0.2, -0.15) is 13.2 Å². The predicted octanol–water partition coefficient (Wildman–Crippen LogP) is 5.25. The van der Waals surface area contributed by atoms with E-state index in [1.165, 1.54) is 84.8 Å². The quantitative estimate of drug-likeness (QED) is 0.271. The summed E-state index contributed by atoms with van der Waals surface area (Å²) in [5.74, 6) is -8.78. The summed E-state index contributed by atoms with van der Waals surface area (Å²) in [6, 6.07) is -5.52. The van der Waals surface area contributed by atoms with Crippen molar-refractivity contribution in [2.24, 2.45) is 23.7 Å². The average molecular weight is 1400 g/mol. The molecule has 0 aromatic heterocycles. The van der Waals surface area contributed by atoms with Gasteiger partial charge in [-0.05, 0) is 125 Å². The fourth-order valence-corrected chi connectivity index (χ4v) is 15.4. The van der Waals surface area contributed by atoms with Gasteiger partial charge in [-0.25, -0.2) is 0 Å². The van der Waals surface area contributed by atoms with Gasteiger partial charge < -0.3 is 60.0 Å². The molecule has 98 heavy (non-hydrogen) atoms. The molecule has 3 saturated carbocycles. The summed E-state index contributed by atoms with van der Waals surface area (Å²) in [6.45, 7) is 6.34. The van der Waals surface area contributed by atoms with Gasteiger partial charge in [0.15, 0.2) is 0 Å². The van der Waals surface area contributed by atoms with Gasteiger partial charge in [0.1, 0.15) is 47.8 Å². The maximum Gasteiger partial charge on any atom is 0.417 e. The molecule has 12 amide bonds. The highest BCUT2D eigenvalue weighted by Gasteiger charge is 2.51. The zero-order valence-electron chi connectivity index (χ0n) is 59.3. The Labute approximate surface area is 580 Å². The number of nitrogens with one attached hydrogen (secondary N) is 3. The molecule has 7 atom stereocenters. The van der Waals surface area contributed by atoms with Crippen molar-refractivity contribution in [1.82, 2.24) is 60.0 Å². The van der Waals surface area contributed by atoms with E-state index in [1.54, 1.807) is 18.7 Å². The second-order valence-electron chi connectivity index (χ2n) is 29.3. The molecule has 0 bridgehead atoms. The molecule has 0 radical (unpaired) electrons. The second-order valence-corrected chi connectivity index (χ2v) is 29.7. The van der Waals surface area contributed by atoms with Crippen LogP contribution < -0.4 is 16.0 Å². The average Bonchev–Trinajstić information content (AvgIpc) is 1.29. The van der Waals surface area contributed by atoms with Crippen LogP contribution in [0.15, 0.2) is 18.2 Å². The summed E-state index contributed by atoms with van der Waals surface area (Å²) in [6.07, 6.45) is 5.10. The Morgan fingerprint density at radius 3 is 1.82 bits per heavy atom. The van der Waals surface area contributed by atoms with E-state index in [2.05, 4.69) is 16.0 Å². The van der Waals surface area contributed by atoms with E-state index in [0.717, 1.165) is 66.9 Å². The van der Waals surface area contributed by atoms with Gasteiger partial charge in [0, 0.05) is 69.0 Å². The van der Waals surface area contributed by atoms with Gasteiger partial charge >= 0.3 is 6.18 Å². The molecule has 7 rings (SSSR count). The van der Waals surface area contributed by atoms with Crippen LogP contribution in [-0.2, 0) is 70.1 Å². The van der Waals surface area contributed by atoms with E-state index >= 15 is 19.2 Å². The highest BCUT2D eigenvalue weighted by Crippen LogP contribution is 2.38. The molecule has 3 aliphatic heterocycles. The number of alkyl halides is 3. The summed E-state index contributed by atoms with van der Waals surface area (Å²) in [4.78, 5) is 189. The highest BCUT2D eigenvalue weighted by atomic mass is 35.5. The molecule has 1 aromatic rings. The second kappa shape index (κ2) is 34.3. The Kier molecular flexibility index (Phi) is 27.4. The van der Waals surface area contributed by atoms with Gasteiger partial charge in [0.25, 0.3) is 0 Å². The largest absolute Gasteiger partial charge is 0.417 e. The maximum absolute atomic E-state index is 15.4. The first-order valence-electron chi connectivity index (χ1n) is 35.3. The summed E-state index contributed by atoms with van der Waals surface area (Å²) < 4.78 is 41.5. The van der Waals surface area contributed by atoms with Crippen molar-refractivity contribution < 1.29 is 70.7 Å². The third kappa shape index (κ3) is 19.3. The van der Waals surface area contributed by atoms with Crippen molar-refractivity contribution in [2.45, 2.75) is 223 Å². The van der Waals surface area contributed by atoms with Crippen LogP contribution in [-0.4, -0.2) is 251 Å². The van der Waals surface area contributed by atoms with Gasteiger partial charge in [-0.3, -0.25) is 57.5 Å². The number of piperidine rings is 1. The first kappa shape index (κ1) is 78.3. The third-order valence-electron chi connectivity index (χ3n) is 21.3. The number of halogens is 4. The normalized spacial score (nSPS) is 26.7. The fraction of sp³-hybridized carbons (Fsp3) is 0.743. The number of carbonyl (C=O) groups is 12. The molecule has 3 heterocycles. The van der Waals surface area contributed by atoms with E-state index in [9.17, 15) is 51.5 Å². The first-order chi connectivity index (χ1) is 46.2. The lowest BCUT2D eigenvalue weighted by atomic mass is 9.79. The zero-order chi connectivity index (χ0) is 72.2. The molecular weight excluding hydrogens is 1290 g/mol. The SMILES string of the molecule is CC(C)C[C@H]1C(=O)N[C@@H](C2CCC2)C(=O)N(C)CC(=O)N(C)CC(=O)N(C)[C@@H](CC2CCCCC2)C(=O)N(C)CC(=O)N[C@@H](CCc2ccc(C(F)(F)F)c(Cl)c2)C(=O)N2CCC[C@H]2C(=O)NC2(CCCC2)C(=O)N(C)[C@@H](C(C)C)C(=O)N(C)[C@H](C(=O)N2CCCCC2)CC(=O)N1C. The van der Waals surface area contributed by atoms with Crippen molar-refractivity contribution in [2.75, 3.05) is 88.6 Å². The number of carbonyl (C=O) groups excluding carboxylic acids is 12. The molecular formula is C70H106ClF3N12O12. The van der Waals surface area contributed by atoms with Gasteiger partial charge in [0.2, 0.25) is 70.9 Å². The lowest BCUT2D eigenvalue weighted by Gasteiger charge is -2.42. The van der Waals surface area contributed by atoms with Crippen LogP contribution in [0.4, 0.5) is 13.2 Å². The number of hydrogen-bond donors (Lipinski definition) is 3. The van der Waals surface area contributed by atoms with Crippen molar-refractivity contribution in [1.29, 1.82) is 0 Å². The number of nitrogens with zero attached hydrogens (tertiary/aromatic N) is 9. The fourth-order valence-electron chi connectivity index (χ4n) is 15.1. The van der Waals surface area contributed by atoms with Gasteiger partial charge in [-0.1, -0.05) is 96.7 Å². The Bertz CT molecular complexity index is 3080. The number of fused-ring (bicyclic) bond motifs is 1. The van der Waals surface area contributed by atoms with E-state index < -0.39 is 167 Å². The van der Waals surface area contributed by atoms with Gasteiger partial charge in [-0.15, -0.1) is 0 Å². The third-order valence-corrected chi connectivity index (χ3v) is 21.6. The van der Waals surface area contributed by atoms with Crippen LogP contribution in [0.2, 0.25) is 5.02 Å². The Morgan fingerprint density at radius 2 is 1.22 bits per heavy atom. The number of rotatable bonds is 10. The maximum atomic E-state index is 15.4. The number of likely N-dealkylation sites (N-methyl/N-ethyl adjacent to an activating group) is 7. The molecule has 24 nitrogen and oxygen atoms in total. The molecule has 546 valence electrons. The lowest BCUT2D eigenvalue weighted by Crippen LogP contribution is -2.65. The van der Waals surface area contributed by atoms with Crippen LogP contribution in [0.5, 0.6) is 0 Å². The molecule has 0 unspecified atom stereocenters. The van der Waals surface area contributed by atoms with Crippen LogP contribution in [0, 0.1) is 23.7 Å². The first-order valence-corrected chi connectivity index (χ1v) is 35.7. The van der Waals surface area contributed by atoms with Crippen molar-refractivity contribution >= 4 is 82.5 Å². The summed E-state index contributed by atoms with van der Waals surface area (Å²) in [5, 5.41) is 8.15. The lowest BCUT2D eigenvalue weighted by molar-refractivity contribution is -0.156. The number of amides is 12. The summed E-state index contributed by atoms with van der Waals surface area (Å²) in [5.41, 5.74) is -2.35. The molecule has 3 aliphatic carbocycles. The minimum atomic E-state index is -4.76. The molecule has 3 saturated heterocycles. The van der Waals surface area contributed by atoms with Crippen LogP contribution in [0.3, 0.4) is 0 Å². The van der Waals surface area contributed by atoms with Crippen molar-refractivity contribution in [3.05, 3.63) is 34.3 Å². The number of aryl methyl sites for hydroxylation is 1. The smallest absolute Gasteiger partial charge is 0.343 e. The van der Waals surface area contributed by atoms with Crippen molar-refractivity contribution in [3.63, 3.8) is 0 Å². The molecule has 1 spiro atoms. The van der Waals surface area contributed by atoms with Crippen LogP contribution >= 0.6 is 11.6 Å². The molecule has 1 aromatic carbocycles. The highest BCUT2D eigenvalue weighted by molar-refractivity contribution is 6.31. The topological polar surface area (TPSA) is 270 Å². The number of benzene rings is 1. The molecule has 6 fully saturated rings. The summed E-state index contributed by atoms with van der Waals surface area (Å²) >= 11 is 6.14. The summed E-state index contributed by atoms with van der Waals surface area (Å²) in [7, 11) is 9.92. The van der Waals surface area contributed by atoms with Crippen LogP contribution in [0.25, 0.3) is 0 Å². The standard InChI is InChI=1S/C70H106ClF3N12O12/c1-43(2)36-52-61(91)76-59(47-24-20-25-47)66(96)80(7)41-57(89)78(5)42-58(90)82(9)53(38-45-22-14-12-15-23-45)64(94)79(6)40-55(87)75-50(30-28-46-27-29-48(49(71)37-46)70(72,73)74)63(93)86-35-21-26-51(86)62(92)77-69(31-16-17-32-69)68(98)84(11)60(44(3)4)67(97)83(10)54(39-56(88)81(52)8)65(95)85-33-18-13-19-34-85/h27,29,37,43-45,47,50-54,59-60H,12-26,28,30-36,38-42H2,1-11H3,(H,75,87)(H,76,91)(H,77,92)/t50-,51-,52-,53-,54-,59-,60-/m0/s1.